The van der Waals surface area contributed by atoms with Gasteiger partial charge in [-0.1, -0.05) is 0 Å². The van der Waals surface area contributed by atoms with Crippen molar-refractivity contribution < 1.29 is 31.5 Å². The smallest absolute Gasteiger partial charge is 0.362 e. The van der Waals surface area contributed by atoms with Gasteiger partial charge in [0.2, 0.25) is 5.91 Å². The minimum absolute atomic E-state index is 0.0606. The van der Waals surface area contributed by atoms with E-state index in [1.54, 1.807) is 0 Å². The third-order valence-corrected chi connectivity index (χ3v) is 3.14. The number of halogens is 5. The molecule has 1 aliphatic rings. The van der Waals surface area contributed by atoms with Crippen molar-refractivity contribution in [1.82, 2.24) is 4.90 Å². The summed E-state index contributed by atoms with van der Waals surface area (Å²) in [7, 11) is 0. The van der Waals surface area contributed by atoms with Crippen LogP contribution in [0.5, 0.6) is 0 Å². The van der Waals surface area contributed by atoms with Gasteiger partial charge in [-0.3, -0.25) is 4.79 Å². The van der Waals surface area contributed by atoms with E-state index in [2.05, 4.69) is 4.74 Å². The predicted octanol–water partition coefficient (Wildman–Crippen LogP) is 2.43. The lowest BCUT2D eigenvalue weighted by Gasteiger charge is -2.29. The van der Waals surface area contributed by atoms with Crippen molar-refractivity contribution in [3.05, 3.63) is 34.9 Å². The zero-order valence-corrected chi connectivity index (χ0v) is 10.8. The van der Waals surface area contributed by atoms with Crippen molar-refractivity contribution in [3.8, 4) is 0 Å². The van der Waals surface area contributed by atoms with Gasteiger partial charge in [-0.25, -0.2) is 8.78 Å². The van der Waals surface area contributed by atoms with Crippen LogP contribution in [0.4, 0.5) is 22.0 Å². The number of nitrogens with zero attached hydrogens (tertiary/aromatic N) is 1. The molecule has 0 bridgehead atoms. The van der Waals surface area contributed by atoms with Crippen LogP contribution in [0, 0.1) is 11.6 Å². The Labute approximate surface area is 117 Å². The average Bonchev–Trinajstić information content (AvgIpc) is 2.41. The number of hydrogen-bond acceptors (Lipinski definition) is 2. The van der Waals surface area contributed by atoms with Crippen molar-refractivity contribution in [2.75, 3.05) is 19.8 Å². The Bertz CT molecular complexity index is 544. The Hall–Kier alpha value is -1.70. The lowest BCUT2D eigenvalue weighted by Crippen LogP contribution is -2.39. The molecule has 3 nitrogen and oxygen atoms in total. The van der Waals surface area contributed by atoms with Gasteiger partial charge in [0.05, 0.1) is 0 Å². The van der Waals surface area contributed by atoms with E-state index in [1.807, 2.05) is 0 Å². The molecule has 0 unspecified atom stereocenters. The average molecular weight is 309 g/mol. The van der Waals surface area contributed by atoms with E-state index in [0.29, 0.717) is 0 Å². The molecule has 0 aromatic heterocycles. The minimum atomic E-state index is -4.51. The summed E-state index contributed by atoms with van der Waals surface area (Å²) in [6.07, 6.45) is -4.39. The molecule has 0 fully saturated rings. The van der Waals surface area contributed by atoms with Crippen molar-refractivity contribution in [2.45, 2.75) is 19.1 Å². The van der Waals surface area contributed by atoms with Crippen LogP contribution in [-0.2, 0) is 22.5 Å². The second kappa shape index (κ2) is 5.97. The van der Waals surface area contributed by atoms with E-state index in [9.17, 15) is 26.7 Å². The largest absolute Gasteiger partial charge is 0.411 e. The number of hydrogen-bond donors (Lipinski definition) is 0. The molecular formula is C13H12F5NO2. The van der Waals surface area contributed by atoms with Crippen LogP contribution in [0.25, 0.3) is 0 Å². The third-order valence-electron chi connectivity index (χ3n) is 3.14. The van der Waals surface area contributed by atoms with Gasteiger partial charge < -0.3 is 9.64 Å². The van der Waals surface area contributed by atoms with Crippen LogP contribution in [0.3, 0.4) is 0 Å². The van der Waals surface area contributed by atoms with E-state index in [4.69, 9.17) is 0 Å². The summed E-state index contributed by atoms with van der Waals surface area (Å²) in [4.78, 5) is 12.9. The minimum Gasteiger partial charge on any atom is -0.362 e. The molecule has 116 valence electrons. The topological polar surface area (TPSA) is 29.5 Å². The molecule has 0 aliphatic carbocycles. The highest BCUT2D eigenvalue weighted by molar-refractivity contribution is 5.77. The maximum Gasteiger partial charge on any atom is 0.411 e. The molecule has 8 heteroatoms. The Balaban J connectivity index is 1.98. The fourth-order valence-electron chi connectivity index (χ4n) is 2.15. The van der Waals surface area contributed by atoms with Crippen LogP contribution < -0.4 is 0 Å². The van der Waals surface area contributed by atoms with E-state index < -0.39 is 36.9 Å². The maximum atomic E-state index is 13.6. The lowest BCUT2D eigenvalue weighted by molar-refractivity contribution is -0.178. The summed E-state index contributed by atoms with van der Waals surface area (Å²) in [6.45, 7) is -2.33. The molecule has 1 amide bonds. The van der Waals surface area contributed by atoms with Gasteiger partial charge >= 0.3 is 6.18 Å². The quantitative estimate of drug-likeness (QED) is 0.803. The first-order chi connectivity index (χ1) is 9.78. The molecule has 1 heterocycles. The highest BCUT2D eigenvalue weighted by Gasteiger charge is 2.29. The predicted molar refractivity (Wildman–Crippen MR) is 62.4 cm³/mol. The lowest BCUT2D eigenvalue weighted by atomic mass is 9.98. The van der Waals surface area contributed by atoms with Crippen LogP contribution in [0.15, 0.2) is 12.1 Å². The number of ether oxygens (including phenoxy) is 1. The number of fused-ring (bicyclic) bond motifs is 1. The molecule has 21 heavy (non-hydrogen) atoms. The molecule has 0 spiro atoms. The first-order valence-electron chi connectivity index (χ1n) is 6.16. The molecule has 1 aliphatic heterocycles. The number of carbonyl (C=O) groups is 1. The molecule has 0 N–H and O–H groups in total. The van der Waals surface area contributed by atoms with Crippen LogP contribution in [-0.4, -0.2) is 36.7 Å². The van der Waals surface area contributed by atoms with E-state index in [-0.39, 0.29) is 30.6 Å². The Morgan fingerprint density at radius 3 is 2.43 bits per heavy atom. The summed E-state index contributed by atoms with van der Waals surface area (Å²) in [5, 5.41) is 0. The third kappa shape index (κ3) is 3.90. The van der Waals surface area contributed by atoms with E-state index in [0.717, 1.165) is 17.0 Å². The zero-order chi connectivity index (χ0) is 15.6. The van der Waals surface area contributed by atoms with Gasteiger partial charge in [-0.15, -0.1) is 0 Å². The van der Waals surface area contributed by atoms with Crippen LogP contribution in [0.1, 0.15) is 11.1 Å². The normalized spacial score (nSPS) is 15.0. The summed E-state index contributed by atoms with van der Waals surface area (Å²) >= 11 is 0. The number of benzene rings is 1. The molecule has 0 atom stereocenters. The molecule has 1 aromatic rings. The molecule has 0 radical (unpaired) electrons. The highest BCUT2D eigenvalue weighted by atomic mass is 19.4. The van der Waals surface area contributed by atoms with Crippen molar-refractivity contribution >= 4 is 5.91 Å². The summed E-state index contributed by atoms with van der Waals surface area (Å²) < 4.78 is 67.1. The summed E-state index contributed by atoms with van der Waals surface area (Å²) in [6, 6.07) is 1.97. The Morgan fingerprint density at radius 2 is 1.81 bits per heavy atom. The first-order valence-corrected chi connectivity index (χ1v) is 6.16. The standard InChI is InChI=1S/C13H12F5NO2/c14-10-1-2-11(15)9-5-19(4-3-8(9)10)12(20)6-21-7-13(16,17)18/h1-2H,3-7H2. The molecule has 0 saturated heterocycles. The van der Waals surface area contributed by atoms with Crippen LogP contribution >= 0.6 is 0 Å². The molecule has 2 rings (SSSR count). The van der Waals surface area contributed by atoms with Gasteiger partial charge in [-0.2, -0.15) is 13.2 Å². The van der Waals surface area contributed by atoms with Crippen molar-refractivity contribution in [1.29, 1.82) is 0 Å². The maximum absolute atomic E-state index is 13.6. The monoisotopic (exact) mass is 309 g/mol. The fraction of sp³-hybridized carbons (Fsp3) is 0.462. The number of rotatable bonds is 3. The SMILES string of the molecule is O=C(COCC(F)(F)F)N1CCc2c(F)ccc(F)c2C1. The summed E-state index contributed by atoms with van der Waals surface area (Å²) in [5.74, 6) is -1.87. The number of carbonyl (C=O) groups excluding carboxylic acids is 1. The van der Waals surface area contributed by atoms with E-state index in [1.165, 1.54) is 0 Å². The number of alkyl halides is 3. The Morgan fingerprint density at radius 1 is 1.19 bits per heavy atom. The second-order valence-corrected chi connectivity index (χ2v) is 4.66. The number of amides is 1. The van der Waals surface area contributed by atoms with Gasteiger partial charge in [0.15, 0.2) is 0 Å². The first kappa shape index (κ1) is 15.7. The van der Waals surface area contributed by atoms with Gasteiger partial charge in [0, 0.05) is 18.7 Å². The van der Waals surface area contributed by atoms with Crippen molar-refractivity contribution in [2.24, 2.45) is 0 Å². The van der Waals surface area contributed by atoms with Crippen LogP contribution in [0.2, 0.25) is 0 Å². The van der Waals surface area contributed by atoms with Crippen molar-refractivity contribution in [3.63, 3.8) is 0 Å². The molecule has 0 saturated carbocycles. The van der Waals surface area contributed by atoms with Gasteiger partial charge in [0.1, 0.15) is 24.8 Å². The van der Waals surface area contributed by atoms with E-state index >= 15 is 0 Å². The fourth-order valence-corrected chi connectivity index (χ4v) is 2.15. The molecule has 1 aromatic carbocycles. The second-order valence-electron chi connectivity index (χ2n) is 4.66. The highest BCUT2D eigenvalue weighted by Crippen LogP contribution is 2.24. The molecular weight excluding hydrogens is 297 g/mol. The Kier molecular flexibility index (Phi) is 4.46. The van der Waals surface area contributed by atoms with Gasteiger partial charge in [0.25, 0.3) is 0 Å². The zero-order valence-electron chi connectivity index (χ0n) is 10.8. The summed E-state index contributed by atoms with van der Waals surface area (Å²) in [5.41, 5.74) is 0.265. The van der Waals surface area contributed by atoms with Gasteiger partial charge in [-0.05, 0) is 24.1 Å².